The number of ether oxygens (including phenoxy) is 2. The van der Waals surface area contributed by atoms with E-state index >= 15 is 0 Å². The van der Waals surface area contributed by atoms with Crippen LogP contribution in [-0.2, 0) is 9.59 Å². The maximum Gasteiger partial charge on any atom is 0.266 e. The van der Waals surface area contributed by atoms with Gasteiger partial charge < -0.3 is 14.8 Å². The SMILES string of the molecule is C=CCN1C(=O)/C(=C/c2ccc(OCC(=O)Nc3ccc(Cl)c(Cl)c3)c(OC)c2)SC1=S. The first-order chi connectivity index (χ1) is 15.3. The van der Waals surface area contributed by atoms with Gasteiger partial charge in [-0.2, -0.15) is 0 Å². The summed E-state index contributed by atoms with van der Waals surface area (Å²) in [6.07, 6.45) is 3.35. The standard InChI is InChI=1S/C22H18Cl2N2O4S2/c1-3-8-26-21(28)19(32-22(26)31)10-13-4-7-17(18(9-13)29-2)30-12-20(27)25-14-5-6-15(23)16(24)11-14/h3-7,9-11H,1,8,12H2,2H3,(H,25,27)/b19-10-. The Bertz CT molecular complexity index is 1120. The van der Waals surface area contributed by atoms with E-state index in [-0.39, 0.29) is 18.4 Å². The van der Waals surface area contributed by atoms with Crippen LogP contribution in [0.1, 0.15) is 5.56 Å². The first-order valence-electron chi connectivity index (χ1n) is 9.24. The van der Waals surface area contributed by atoms with E-state index in [0.717, 1.165) is 5.56 Å². The topological polar surface area (TPSA) is 67.9 Å². The van der Waals surface area contributed by atoms with Crippen LogP contribution in [0.4, 0.5) is 5.69 Å². The summed E-state index contributed by atoms with van der Waals surface area (Å²) in [5.74, 6) is 0.259. The first-order valence-corrected chi connectivity index (χ1v) is 11.2. The van der Waals surface area contributed by atoms with E-state index < -0.39 is 0 Å². The third kappa shape index (κ3) is 5.83. The van der Waals surface area contributed by atoms with Crippen LogP contribution in [0.2, 0.25) is 10.0 Å². The highest BCUT2D eigenvalue weighted by Crippen LogP contribution is 2.34. The molecule has 1 heterocycles. The fourth-order valence-corrected chi connectivity index (χ4v) is 4.32. The predicted molar refractivity (Wildman–Crippen MR) is 134 cm³/mol. The van der Waals surface area contributed by atoms with Gasteiger partial charge in [-0.25, -0.2) is 0 Å². The number of nitrogens with one attached hydrogen (secondary N) is 1. The number of hydrogen-bond acceptors (Lipinski definition) is 6. The van der Waals surface area contributed by atoms with E-state index in [1.807, 2.05) is 0 Å². The largest absolute Gasteiger partial charge is 0.493 e. The van der Waals surface area contributed by atoms with E-state index in [1.54, 1.807) is 48.6 Å². The number of rotatable bonds is 8. The molecule has 166 valence electrons. The van der Waals surface area contributed by atoms with Crippen LogP contribution in [0, 0.1) is 0 Å². The number of anilines is 1. The Hall–Kier alpha value is -2.52. The number of hydrogen-bond donors (Lipinski definition) is 1. The van der Waals surface area contributed by atoms with Crippen molar-refractivity contribution in [2.75, 3.05) is 25.6 Å². The molecule has 1 aliphatic heterocycles. The molecule has 0 aliphatic carbocycles. The molecule has 1 saturated heterocycles. The molecule has 0 unspecified atom stereocenters. The Labute approximate surface area is 205 Å². The third-order valence-electron chi connectivity index (χ3n) is 4.23. The Kier molecular flexibility index (Phi) is 8.20. The molecule has 32 heavy (non-hydrogen) atoms. The quantitative estimate of drug-likeness (QED) is 0.292. The lowest BCUT2D eigenvalue weighted by Gasteiger charge is -2.12. The van der Waals surface area contributed by atoms with Crippen molar-refractivity contribution < 1.29 is 19.1 Å². The Morgan fingerprint density at radius 1 is 1.22 bits per heavy atom. The van der Waals surface area contributed by atoms with Gasteiger partial charge in [0.05, 0.1) is 22.1 Å². The minimum Gasteiger partial charge on any atom is -0.493 e. The Morgan fingerprint density at radius 2 is 2.00 bits per heavy atom. The molecule has 3 rings (SSSR count). The second-order valence-corrected chi connectivity index (χ2v) is 8.95. The van der Waals surface area contributed by atoms with Crippen molar-refractivity contribution in [1.82, 2.24) is 4.90 Å². The van der Waals surface area contributed by atoms with E-state index in [4.69, 9.17) is 44.9 Å². The Morgan fingerprint density at radius 3 is 2.69 bits per heavy atom. The fraction of sp³-hybridized carbons (Fsp3) is 0.136. The fourth-order valence-electron chi connectivity index (χ4n) is 2.75. The lowest BCUT2D eigenvalue weighted by atomic mass is 10.2. The summed E-state index contributed by atoms with van der Waals surface area (Å²) in [6.45, 7) is 3.77. The van der Waals surface area contributed by atoms with Gasteiger partial charge >= 0.3 is 0 Å². The van der Waals surface area contributed by atoms with Crippen LogP contribution < -0.4 is 14.8 Å². The van der Waals surface area contributed by atoms with E-state index in [0.29, 0.717) is 43.0 Å². The molecule has 0 spiro atoms. The van der Waals surface area contributed by atoms with Crippen LogP contribution in [0.5, 0.6) is 11.5 Å². The molecular weight excluding hydrogens is 491 g/mol. The second kappa shape index (κ2) is 10.9. The number of thioether (sulfide) groups is 1. The minimum atomic E-state index is -0.375. The average molecular weight is 509 g/mol. The maximum absolute atomic E-state index is 12.5. The molecule has 10 heteroatoms. The molecule has 0 aromatic heterocycles. The van der Waals surface area contributed by atoms with Gasteiger partial charge in [0, 0.05) is 12.2 Å². The zero-order valence-electron chi connectivity index (χ0n) is 16.9. The first kappa shape index (κ1) is 24.1. The van der Waals surface area contributed by atoms with Crippen LogP contribution in [0.25, 0.3) is 6.08 Å². The normalized spacial score (nSPS) is 14.6. The smallest absolute Gasteiger partial charge is 0.266 e. The maximum atomic E-state index is 12.5. The highest BCUT2D eigenvalue weighted by molar-refractivity contribution is 8.26. The average Bonchev–Trinajstić information content (AvgIpc) is 3.03. The van der Waals surface area contributed by atoms with Crippen molar-refractivity contribution in [3.63, 3.8) is 0 Å². The van der Waals surface area contributed by atoms with Crippen LogP contribution in [0.3, 0.4) is 0 Å². The van der Waals surface area contributed by atoms with Gasteiger partial charge in [-0.05, 0) is 42.0 Å². The summed E-state index contributed by atoms with van der Waals surface area (Å²) in [7, 11) is 1.49. The lowest BCUT2D eigenvalue weighted by Crippen LogP contribution is -2.27. The molecule has 2 aromatic rings. The van der Waals surface area contributed by atoms with E-state index in [1.165, 1.54) is 23.8 Å². The highest BCUT2D eigenvalue weighted by Gasteiger charge is 2.31. The minimum absolute atomic E-state index is 0.168. The van der Waals surface area contributed by atoms with Gasteiger partial charge in [0.1, 0.15) is 4.32 Å². The van der Waals surface area contributed by atoms with Gasteiger partial charge in [-0.15, -0.1) is 6.58 Å². The highest BCUT2D eigenvalue weighted by atomic mass is 35.5. The molecule has 2 amide bonds. The van der Waals surface area contributed by atoms with Crippen molar-refractivity contribution >= 4 is 75.1 Å². The number of nitrogens with zero attached hydrogens (tertiary/aromatic N) is 1. The predicted octanol–water partition coefficient (Wildman–Crippen LogP) is 5.41. The molecule has 1 aliphatic rings. The number of carbonyl (C=O) groups is 2. The number of benzene rings is 2. The molecule has 1 N–H and O–H groups in total. The molecular formula is C22H18Cl2N2O4S2. The summed E-state index contributed by atoms with van der Waals surface area (Å²) in [5.41, 5.74) is 1.23. The van der Waals surface area contributed by atoms with E-state index in [9.17, 15) is 9.59 Å². The zero-order chi connectivity index (χ0) is 23.3. The van der Waals surface area contributed by atoms with Gasteiger partial charge in [-0.1, -0.05) is 59.3 Å². The number of amides is 2. The molecule has 0 atom stereocenters. The van der Waals surface area contributed by atoms with Crippen molar-refractivity contribution in [3.05, 3.63) is 69.6 Å². The molecule has 1 fully saturated rings. The van der Waals surface area contributed by atoms with Gasteiger partial charge in [0.2, 0.25) is 0 Å². The number of halogens is 2. The number of carbonyl (C=O) groups excluding carboxylic acids is 2. The second-order valence-electron chi connectivity index (χ2n) is 6.46. The molecule has 0 saturated carbocycles. The van der Waals surface area contributed by atoms with Crippen molar-refractivity contribution in [1.29, 1.82) is 0 Å². The van der Waals surface area contributed by atoms with Crippen LogP contribution in [-0.4, -0.2) is 41.3 Å². The Balaban J connectivity index is 1.67. The lowest BCUT2D eigenvalue weighted by molar-refractivity contribution is -0.121. The summed E-state index contributed by atoms with van der Waals surface area (Å²) >= 11 is 18.3. The molecule has 2 aromatic carbocycles. The number of thiocarbonyl (C=S) groups is 1. The van der Waals surface area contributed by atoms with Crippen molar-refractivity contribution in [2.45, 2.75) is 0 Å². The molecule has 0 radical (unpaired) electrons. The summed E-state index contributed by atoms with van der Waals surface area (Å²) in [4.78, 5) is 26.7. The molecule has 6 nitrogen and oxygen atoms in total. The van der Waals surface area contributed by atoms with Gasteiger partial charge in [0.15, 0.2) is 18.1 Å². The zero-order valence-corrected chi connectivity index (χ0v) is 20.0. The van der Waals surface area contributed by atoms with Gasteiger partial charge in [0.25, 0.3) is 11.8 Å². The molecule has 0 bridgehead atoms. The summed E-state index contributed by atoms with van der Waals surface area (Å²) < 4.78 is 11.5. The van der Waals surface area contributed by atoms with Crippen LogP contribution >= 0.6 is 47.2 Å². The van der Waals surface area contributed by atoms with Crippen molar-refractivity contribution in [2.24, 2.45) is 0 Å². The summed E-state index contributed by atoms with van der Waals surface area (Å²) in [5, 5.41) is 3.41. The number of methoxy groups -OCH3 is 1. The summed E-state index contributed by atoms with van der Waals surface area (Å²) in [6, 6.07) is 9.92. The van der Waals surface area contributed by atoms with Crippen molar-refractivity contribution in [3.8, 4) is 11.5 Å². The van der Waals surface area contributed by atoms with E-state index in [2.05, 4.69) is 11.9 Å². The monoisotopic (exact) mass is 508 g/mol. The van der Waals surface area contributed by atoms with Crippen LogP contribution in [0.15, 0.2) is 54.0 Å². The third-order valence-corrected chi connectivity index (χ3v) is 6.35. The van der Waals surface area contributed by atoms with Gasteiger partial charge in [-0.3, -0.25) is 14.5 Å².